The van der Waals surface area contributed by atoms with E-state index in [2.05, 4.69) is 0 Å². The zero-order chi connectivity index (χ0) is 16.7. The van der Waals surface area contributed by atoms with Gasteiger partial charge in [-0.2, -0.15) is 0 Å². The standard InChI is InChI=1S/C19H15O4P/c20-16-10-4-1-9-15(16)19(21)24(22)18-12-6-3-8-14(18)13-7-2-5-11-17(13)23-24/h1-12,19-21H. The van der Waals surface area contributed by atoms with E-state index in [1.807, 2.05) is 24.3 Å². The van der Waals surface area contributed by atoms with Gasteiger partial charge in [-0.3, -0.25) is 4.57 Å². The van der Waals surface area contributed by atoms with Gasteiger partial charge in [0.15, 0.2) is 5.85 Å². The van der Waals surface area contributed by atoms with Gasteiger partial charge in [-0.05, 0) is 23.8 Å². The van der Waals surface area contributed by atoms with Crippen LogP contribution >= 0.6 is 7.37 Å². The van der Waals surface area contributed by atoms with Crippen molar-refractivity contribution in [1.29, 1.82) is 0 Å². The van der Waals surface area contributed by atoms with Crippen LogP contribution < -0.4 is 9.83 Å². The van der Waals surface area contributed by atoms with Crippen molar-refractivity contribution in [2.75, 3.05) is 0 Å². The second-order valence-electron chi connectivity index (χ2n) is 5.63. The third-order valence-electron chi connectivity index (χ3n) is 4.19. The maximum atomic E-state index is 13.7. The van der Waals surface area contributed by atoms with Crippen LogP contribution in [0.4, 0.5) is 0 Å². The van der Waals surface area contributed by atoms with Crippen LogP contribution in [0.1, 0.15) is 11.4 Å². The number of rotatable bonds is 2. The van der Waals surface area contributed by atoms with E-state index in [0.717, 1.165) is 11.1 Å². The van der Waals surface area contributed by atoms with Crippen molar-refractivity contribution in [3.05, 3.63) is 78.4 Å². The third-order valence-corrected chi connectivity index (χ3v) is 6.64. The van der Waals surface area contributed by atoms with Gasteiger partial charge < -0.3 is 14.7 Å². The molecule has 24 heavy (non-hydrogen) atoms. The minimum absolute atomic E-state index is 0.111. The quantitative estimate of drug-likeness (QED) is 0.692. The Kier molecular flexibility index (Phi) is 3.45. The van der Waals surface area contributed by atoms with Crippen LogP contribution in [0, 0.1) is 0 Å². The number of hydrogen-bond acceptors (Lipinski definition) is 4. The molecule has 1 aliphatic rings. The van der Waals surface area contributed by atoms with Crippen LogP contribution in [0.2, 0.25) is 0 Å². The van der Waals surface area contributed by atoms with E-state index >= 15 is 0 Å². The second-order valence-corrected chi connectivity index (χ2v) is 7.98. The average molecular weight is 338 g/mol. The summed E-state index contributed by atoms with van der Waals surface area (Å²) in [5.74, 6) is -1.10. The molecular formula is C19H15O4P. The summed E-state index contributed by atoms with van der Waals surface area (Å²) in [6, 6.07) is 20.8. The maximum absolute atomic E-state index is 13.7. The molecule has 4 rings (SSSR count). The summed E-state index contributed by atoms with van der Waals surface area (Å²) >= 11 is 0. The number of aliphatic hydroxyl groups is 1. The van der Waals surface area contributed by atoms with E-state index in [4.69, 9.17) is 4.52 Å². The lowest BCUT2D eigenvalue weighted by Gasteiger charge is -2.31. The number of aromatic hydroxyl groups is 1. The second kappa shape index (κ2) is 5.52. The van der Waals surface area contributed by atoms with Gasteiger partial charge in [0.2, 0.25) is 0 Å². The van der Waals surface area contributed by atoms with Crippen molar-refractivity contribution < 1.29 is 19.3 Å². The molecule has 2 unspecified atom stereocenters. The number of phenolic OH excluding ortho intramolecular Hbond substituents is 1. The Labute approximate surface area is 139 Å². The summed E-state index contributed by atoms with van der Waals surface area (Å²) in [7, 11) is -3.68. The minimum Gasteiger partial charge on any atom is -0.508 e. The summed E-state index contributed by atoms with van der Waals surface area (Å²) in [5, 5.41) is 21.3. The number of hydrogen-bond donors (Lipinski definition) is 2. The topological polar surface area (TPSA) is 66.8 Å². The van der Waals surface area contributed by atoms with Crippen molar-refractivity contribution in [3.8, 4) is 22.6 Å². The predicted molar refractivity (Wildman–Crippen MR) is 92.8 cm³/mol. The lowest BCUT2D eigenvalue weighted by atomic mass is 10.0. The number of aliphatic hydroxyl groups excluding tert-OH is 1. The Morgan fingerprint density at radius 2 is 1.46 bits per heavy atom. The largest absolute Gasteiger partial charge is 0.508 e. The molecule has 0 amide bonds. The van der Waals surface area contributed by atoms with E-state index in [1.165, 1.54) is 6.07 Å². The van der Waals surface area contributed by atoms with Gasteiger partial charge in [-0.1, -0.05) is 54.6 Å². The van der Waals surface area contributed by atoms with Crippen molar-refractivity contribution in [1.82, 2.24) is 0 Å². The van der Waals surface area contributed by atoms with Crippen LogP contribution in [0.15, 0.2) is 72.8 Å². The lowest BCUT2D eigenvalue weighted by Crippen LogP contribution is -2.22. The molecule has 0 saturated carbocycles. The van der Waals surface area contributed by atoms with Crippen molar-refractivity contribution >= 4 is 12.7 Å². The van der Waals surface area contributed by atoms with Gasteiger partial charge in [-0.15, -0.1) is 0 Å². The Balaban J connectivity index is 1.93. The minimum atomic E-state index is -3.68. The highest BCUT2D eigenvalue weighted by molar-refractivity contribution is 7.68. The smallest absolute Gasteiger partial charge is 0.310 e. The first-order valence-corrected chi connectivity index (χ1v) is 9.25. The highest BCUT2D eigenvalue weighted by Crippen LogP contribution is 2.63. The average Bonchev–Trinajstić information content (AvgIpc) is 2.62. The molecule has 0 fully saturated rings. The van der Waals surface area contributed by atoms with Crippen LogP contribution in [0.25, 0.3) is 11.1 Å². The van der Waals surface area contributed by atoms with E-state index < -0.39 is 13.2 Å². The summed E-state index contributed by atoms with van der Waals surface area (Å²) < 4.78 is 19.5. The van der Waals surface area contributed by atoms with Crippen molar-refractivity contribution in [2.24, 2.45) is 0 Å². The molecule has 4 nitrogen and oxygen atoms in total. The highest BCUT2D eigenvalue weighted by atomic mass is 31.2. The van der Waals surface area contributed by atoms with Crippen LogP contribution in [0.5, 0.6) is 11.5 Å². The highest BCUT2D eigenvalue weighted by Gasteiger charge is 2.43. The lowest BCUT2D eigenvalue weighted by molar-refractivity contribution is 0.235. The van der Waals surface area contributed by atoms with Crippen molar-refractivity contribution in [2.45, 2.75) is 5.85 Å². The van der Waals surface area contributed by atoms with Gasteiger partial charge in [0.25, 0.3) is 0 Å². The first-order valence-electron chi connectivity index (χ1n) is 7.55. The molecule has 2 atom stereocenters. The molecule has 0 aliphatic carbocycles. The fourth-order valence-electron chi connectivity index (χ4n) is 3.01. The normalized spacial score (nSPS) is 19.7. The first-order chi connectivity index (χ1) is 11.6. The molecule has 0 bridgehead atoms. The molecule has 0 radical (unpaired) electrons. The third kappa shape index (κ3) is 2.15. The van der Waals surface area contributed by atoms with E-state index in [9.17, 15) is 14.8 Å². The monoisotopic (exact) mass is 338 g/mol. The SMILES string of the molecule is O=P1(C(O)c2ccccc2O)Oc2ccccc2-c2ccccc21. The molecule has 3 aromatic carbocycles. The fraction of sp³-hybridized carbons (Fsp3) is 0.0526. The first kappa shape index (κ1) is 15.0. The van der Waals surface area contributed by atoms with Gasteiger partial charge in [0, 0.05) is 11.1 Å². The molecule has 1 heterocycles. The number of benzene rings is 3. The molecule has 120 valence electrons. The Morgan fingerprint density at radius 1 is 0.833 bits per heavy atom. The van der Waals surface area contributed by atoms with Crippen LogP contribution in [0.3, 0.4) is 0 Å². The number of phenols is 1. The van der Waals surface area contributed by atoms with Gasteiger partial charge >= 0.3 is 7.37 Å². The van der Waals surface area contributed by atoms with Gasteiger partial charge in [0.1, 0.15) is 11.5 Å². The summed E-state index contributed by atoms with van der Waals surface area (Å²) in [6.45, 7) is 0. The van der Waals surface area contributed by atoms with E-state index in [-0.39, 0.29) is 11.3 Å². The fourth-order valence-corrected chi connectivity index (χ4v) is 5.33. The molecule has 5 heteroatoms. The Hall–Kier alpha value is -2.55. The summed E-state index contributed by atoms with van der Waals surface area (Å²) in [5.41, 5.74) is 1.80. The van der Waals surface area contributed by atoms with Crippen molar-refractivity contribution in [3.63, 3.8) is 0 Å². The van der Waals surface area contributed by atoms with Crippen LogP contribution in [-0.4, -0.2) is 10.2 Å². The molecule has 3 aromatic rings. The maximum Gasteiger partial charge on any atom is 0.310 e. The molecular weight excluding hydrogens is 323 g/mol. The Morgan fingerprint density at radius 3 is 2.25 bits per heavy atom. The summed E-state index contributed by atoms with van der Waals surface area (Å²) in [4.78, 5) is 0. The van der Waals surface area contributed by atoms with Gasteiger partial charge in [0.05, 0.1) is 5.30 Å². The van der Waals surface area contributed by atoms with Crippen LogP contribution in [-0.2, 0) is 4.57 Å². The molecule has 0 saturated heterocycles. The molecule has 2 N–H and O–H groups in total. The number of fused-ring (bicyclic) bond motifs is 3. The molecule has 1 aliphatic heterocycles. The van der Waals surface area contributed by atoms with E-state index in [1.54, 1.807) is 42.5 Å². The Bertz CT molecular complexity index is 967. The predicted octanol–water partition coefficient (Wildman–Crippen LogP) is 4.05. The molecule has 0 aromatic heterocycles. The number of para-hydroxylation sites is 2. The zero-order valence-corrected chi connectivity index (χ0v) is 13.6. The van der Waals surface area contributed by atoms with E-state index in [0.29, 0.717) is 11.1 Å². The molecule has 0 spiro atoms. The van der Waals surface area contributed by atoms with Gasteiger partial charge in [-0.25, -0.2) is 0 Å². The zero-order valence-electron chi connectivity index (χ0n) is 12.7. The summed E-state index contributed by atoms with van der Waals surface area (Å²) in [6.07, 6.45) is 0.